The van der Waals surface area contributed by atoms with Crippen molar-refractivity contribution in [1.29, 1.82) is 0 Å². The van der Waals surface area contributed by atoms with Crippen LogP contribution in [-0.2, 0) is 22.4 Å². The van der Waals surface area contributed by atoms with E-state index in [4.69, 9.17) is 0 Å². The van der Waals surface area contributed by atoms with Crippen LogP contribution in [0, 0.1) is 6.55 Å². The maximum Gasteiger partial charge on any atom is 0 e. The molecule has 2 heteroatoms. The van der Waals surface area contributed by atoms with Crippen molar-refractivity contribution < 1.29 is 22.4 Å². The van der Waals surface area contributed by atoms with Gasteiger partial charge in [0.05, 0.1) is 0 Å². The van der Waals surface area contributed by atoms with Gasteiger partial charge in [0, 0.05) is 22.4 Å². The average Bonchev–Trinajstić information content (AvgIpc) is 0.722. The van der Waals surface area contributed by atoms with Gasteiger partial charge in [-0.2, -0.15) is 0 Å². The molecule has 0 aliphatic heterocycles. The zero-order valence-corrected chi connectivity index (χ0v) is 7.85. The Bertz CT molecular complexity index is 23.0. The molecule has 0 saturated carbocycles. The number of hydrogen-bond donors (Lipinski definition) is 0. The zero-order valence-electron chi connectivity index (χ0n) is 4.65. The molecule has 0 aromatic carbocycles. The molecule has 0 fully saturated rings. The van der Waals surface area contributed by atoms with Crippen LogP contribution in [0.25, 0.3) is 0 Å². The van der Waals surface area contributed by atoms with Crippen molar-refractivity contribution in [1.82, 2.24) is 0 Å². The molecule has 0 unspecified atom stereocenters. The summed E-state index contributed by atoms with van der Waals surface area (Å²) in [5.41, 5.74) is 0. The van der Waals surface area contributed by atoms with Crippen LogP contribution < -0.4 is 0 Å². The molecule has 0 rings (SSSR count). The van der Waals surface area contributed by atoms with E-state index in [2.05, 4.69) is 26.2 Å². The standard InChI is InChI=1S/C4H11Si.Nb/c1-5(2,3)4;/h1H2,2-4H3;/q-1;. The Balaban J connectivity index is 0. The molecule has 1 radical (unpaired) electrons. The fourth-order valence-corrected chi connectivity index (χ4v) is 0. The fraction of sp³-hybridized carbons (Fsp3) is 0.750. The molecule has 0 aliphatic rings. The summed E-state index contributed by atoms with van der Waals surface area (Å²) < 4.78 is 0. The average molecular weight is 180 g/mol. The molecule has 0 nitrogen and oxygen atoms in total. The van der Waals surface area contributed by atoms with Crippen LogP contribution in [0.15, 0.2) is 0 Å². The predicted molar refractivity (Wildman–Crippen MR) is 28.7 cm³/mol. The van der Waals surface area contributed by atoms with Gasteiger partial charge in [-0.25, -0.2) is 0 Å². The van der Waals surface area contributed by atoms with Gasteiger partial charge in [0.25, 0.3) is 0 Å². The van der Waals surface area contributed by atoms with Crippen LogP contribution in [-0.4, -0.2) is 8.07 Å². The molecule has 0 atom stereocenters. The number of rotatable bonds is 0. The van der Waals surface area contributed by atoms with Crippen LogP contribution >= 0.6 is 0 Å². The van der Waals surface area contributed by atoms with Crippen molar-refractivity contribution >= 4 is 8.07 Å². The first-order chi connectivity index (χ1) is 2.00. The van der Waals surface area contributed by atoms with E-state index >= 15 is 0 Å². The molecular weight excluding hydrogens is 169 g/mol. The molecule has 0 aliphatic carbocycles. The summed E-state index contributed by atoms with van der Waals surface area (Å²) in [4.78, 5) is 0. The first-order valence-electron chi connectivity index (χ1n) is 1.85. The summed E-state index contributed by atoms with van der Waals surface area (Å²) in [6, 6.07) is 0. The molecule has 0 saturated heterocycles. The zero-order chi connectivity index (χ0) is 4.50. The Morgan fingerprint density at radius 3 is 1.17 bits per heavy atom. The second-order valence-corrected chi connectivity index (χ2v) is 7.68. The first kappa shape index (κ1) is 10.0. The molecule has 0 aromatic heterocycles. The Morgan fingerprint density at radius 1 is 1.17 bits per heavy atom. The van der Waals surface area contributed by atoms with E-state index in [-0.39, 0.29) is 22.4 Å². The van der Waals surface area contributed by atoms with E-state index in [0.717, 1.165) is 0 Å². The third-order valence-electron chi connectivity index (χ3n) is 0. The fourth-order valence-electron chi connectivity index (χ4n) is 0. The maximum atomic E-state index is 3.91. The summed E-state index contributed by atoms with van der Waals surface area (Å²) in [5.74, 6) is 0. The summed E-state index contributed by atoms with van der Waals surface area (Å²) in [7, 11) is -0.861. The summed E-state index contributed by atoms with van der Waals surface area (Å²) in [5, 5.41) is 0. The van der Waals surface area contributed by atoms with Crippen LogP contribution in [0.2, 0.25) is 19.6 Å². The van der Waals surface area contributed by atoms with Gasteiger partial charge < -0.3 is 6.55 Å². The minimum absolute atomic E-state index is 0. The van der Waals surface area contributed by atoms with Gasteiger partial charge in [-0.3, -0.25) is 0 Å². The summed E-state index contributed by atoms with van der Waals surface area (Å²) in [6.45, 7) is 10.6. The molecule has 0 amide bonds. The minimum Gasteiger partial charge on any atom is -0.342 e. The Kier molecular flexibility index (Phi) is 5.06. The molecular formula is C4H11NbSi-. The van der Waals surface area contributed by atoms with Crippen LogP contribution in [0.3, 0.4) is 0 Å². The van der Waals surface area contributed by atoms with Crippen LogP contribution in [0.4, 0.5) is 0 Å². The van der Waals surface area contributed by atoms with Gasteiger partial charge in [-0.1, -0.05) is 19.6 Å². The predicted octanol–water partition coefficient (Wildman–Crippen LogP) is 1.70. The maximum absolute atomic E-state index is 3.91. The molecule has 0 bridgehead atoms. The summed E-state index contributed by atoms with van der Waals surface area (Å²) in [6.07, 6.45) is 0. The van der Waals surface area contributed by atoms with Gasteiger partial charge >= 0.3 is 0 Å². The molecule has 0 heterocycles. The SMILES string of the molecule is [CH2-][Si](C)(C)C.[Nb]. The molecule has 6 heavy (non-hydrogen) atoms. The van der Waals surface area contributed by atoms with Gasteiger partial charge in [0.15, 0.2) is 0 Å². The van der Waals surface area contributed by atoms with Crippen LogP contribution in [0.1, 0.15) is 0 Å². The van der Waals surface area contributed by atoms with E-state index in [1.807, 2.05) is 0 Å². The second kappa shape index (κ2) is 3.02. The van der Waals surface area contributed by atoms with Gasteiger partial charge in [0.2, 0.25) is 0 Å². The van der Waals surface area contributed by atoms with Crippen molar-refractivity contribution in [2.45, 2.75) is 19.6 Å². The van der Waals surface area contributed by atoms with Crippen molar-refractivity contribution in [2.24, 2.45) is 0 Å². The Labute approximate surface area is 56.8 Å². The van der Waals surface area contributed by atoms with Gasteiger partial charge in [0.1, 0.15) is 0 Å². The third kappa shape index (κ3) is 84.7. The van der Waals surface area contributed by atoms with E-state index < -0.39 is 8.07 Å². The van der Waals surface area contributed by atoms with E-state index in [1.54, 1.807) is 0 Å². The second-order valence-electron chi connectivity index (χ2n) is 2.56. The normalized spacial score (nSPS) is 10.0. The Hall–Kier alpha value is 0.957. The molecule has 0 N–H and O–H groups in total. The van der Waals surface area contributed by atoms with Crippen molar-refractivity contribution in [3.63, 3.8) is 0 Å². The van der Waals surface area contributed by atoms with E-state index in [1.165, 1.54) is 0 Å². The molecule has 0 aromatic rings. The summed E-state index contributed by atoms with van der Waals surface area (Å²) >= 11 is 0. The van der Waals surface area contributed by atoms with E-state index in [0.29, 0.717) is 0 Å². The van der Waals surface area contributed by atoms with E-state index in [9.17, 15) is 0 Å². The first-order valence-corrected chi connectivity index (χ1v) is 5.56. The van der Waals surface area contributed by atoms with Crippen molar-refractivity contribution in [2.75, 3.05) is 0 Å². The van der Waals surface area contributed by atoms with Gasteiger partial charge in [-0.15, -0.1) is 8.07 Å². The van der Waals surface area contributed by atoms with Crippen molar-refractivity contribution in [3.8, 4) is 0 Å². The minimum atomic E-state index is -0.861. The largest absolute Gasteiger partial charge is 0.342 e. The van der Waals surface area contributed by atoms with Gasteiger partial charge in [-0.05, 0) is 0 Å². The monoisotopic (exact) mass is 180 g/mol. The Morgan fingerprint density at radius 2 is 1.17 bits per heavy atom. The quantitative estimate of drug-likeness (QED) is 0.393. The topological polar surface area (TPSA) is 0 Å². The smallest absolute Gasteiger partial charge is 0 e. The third-order valence-corrected chi connectivity index (χ3v) is 0. The van der Waals surface area contributed by atoms with Crippen molar-refractivity contribution in [3.05, 3.63) is 6.55 Å². The number of hydrogen-bond acceptors (Lipinski definition) is 0. The molecule has 0 spiro atoms. The van der Waals surface area contributed by atoms with Crippen LogP contribution in [0.5, 0.6) is 0 Å². The molecule has 37 valence electrons.